The van der Waals surface area contributed by atoms with E-state index in [1.54, 1.807) is 0 Å². The van der Waals surface area contributed by atoms with E-state index in [4.69, 9.17) is 4.74 Å². The predicted molar refractivity (Wildman–Crippen MR) is 80.5 cm³/mol. The SMILES string of the molecule is CCCC1(CNCCCOCC2CC2)CCCNC1. The van der Waals surface area contributed by atoms with E-state index in [1.165, 1.54) is 58.2 Å². The molecule has 3 nitrogen and oxygen atoms in total. The van der Waals surface area contributed by atoms with E-state index in [0.717, 1.165) is 32.1 Å². The number of hydrogen-bond acceptors (Lipinski definition) is 3. The molecule has 1 aliphatic heterocycles. The van der Waals surface area contributed by atoms with Crippen LogP contribution >= 0.6 is 0 Å². The molecule has 2 aliphatic rings. The zero-order chi connectivity index (χ0) is 13.4. The maximum absolute atomic E-state index is 5.67. The predicted octanol–water partition coefficient (Wildman–Crippen LogP) is 2.56. The summed E-state index contributed by atoms with van der Waals surface area (Å²) >= 11 is 0. The average molecular weight is 268 g/mol. The molecule has 1 saturated carbocycles. The van der Waals surface area contributed by atoms with E-state index in [2.05, 4.69) is 17.6 Å². The van der Waals surface area contributed by atoms with E-state index in [-0.39, 0.29) is 0 Å². The highest BCUT2D eigenvalue weighted by Crippen LogP contribution is 2.30. The minimum atomic E-state index is 0.516. The Hall–Kier alpha value is -0.120. The topological polar surface area (TPSA) is 33.3 Å². The van der Waals surface area contributed by atoms with Crippen LogP contribution < -0.4 is 10.6 Å². The highest BCUT2D eigenvalue weighted by Gasteiger charge is 2.30. The number of nitrogens with one attached hydrogen (secondary N) is 2. The van der Waals surface area contributed by atoms with Crippen LogP contribution in [0.2, 0.25) is 0 Å². The molecule has 1 saturated heterocycles. The van der Waals surface area contributed by atoms with Gasteiger partial charge < -0.3 is 15.4 Å². The number of hydrogen-bond donors (Lipinski definition) is 2. The van der Waals surface area contributed by atoms with Crippen LogP contribution in [0.4, 0.5) is 0 Å². The largest absolute Gasteiger partial charge is 0.381 e. The lowest BCUT2D eigenvalue weighted by Crippen LogP contribution is -2.46. The van der Waals surface area contributed by atoms with Gasteiger partial charge in [-0.25, -0.2) is 0 Å². The Morgan fingerprint density at radius 3 is 2.95 bits per heavy atom. The van der Waals surface area contributed by atoms with E-state index in [0.29, 0.717) is 5.41 Å². The summed E-state index contributed by atoms with van der Waals surface area (Å²) in [6, 6.07) is 0. The molecule has 3 heteroatoms. The first-order valence-corrected chi connectivity index (χ1v) is 8.34. The molecule has 0 aromatic rings. The first-order chi connectivity index (χ1) is 9.35. The molecule has 2 fully saturated rings. The van der Waals surface area contributed by atoms with Crippen molar-refractivity contribution in [1.29, 1.82) is 0 Å². The highest BCUT2D eigenvalue weighted by molar-refractivity contribution is 4.87. The summed E-state index contributed by atoms with van der Waals surface area (Å²) in [6.45, 7) is 8.94. The van der Waals surface area contributed by atoms with Crippen molar-refractivity contribution in [2.45, 2.75) is 51.9 Å². The minimum Gasteiger partial charge on any atom is -0.381 e. The Morgan fingerprint density at radius 1 is 1.37 bits per heavy atom. The summed E-state index contributed by atoms with van der Waals surface area (Å²) in [4.78, 5) is 0. The molecule has 0 amide bonds. The maximum atomic E-state index is 5.67. The second-order valence-corrected chi connectivity index (χ2v) is 6.58. The Balaban J connectivity index is 1.51. The molecule has 112 valence electrons. The lowest BCUT2D eigenvalue weighted by atomic mass is 9.77. The van der Waals surface area contributed by atoms with Gasteiger partial charge in [0.05, 0.1) is 0 Å². The van der Waals surface area contributed by atoms with Crippen LogP contribution in [-0.2, 0) is 4.74 Å². The molecule has 0 aromatic heterocycles. The first kappa shape index (κ1) is 15.3. The summed E-state index contributed by atoms with van der Waals surface area (Å²) in [7, 11) is 0. The smallest absolute Gasteiger partial charge is 0.0494 e. The van der Waals surface area contributed by atoms with Gasteiger partial charge in [0.15, 0.2) is 0 Å². The molecule has 1 atom stereocenters. The van der Waals surface area contributed by atoms with Crippen LogP contribution in [0.25, 0.3) is 0 Å². The molecule has 2 N–H and O–H groups in total. The van der Waals surface area contributed by atoms with E-state index >= 15 is 0 Å². The second kappa shape index (κ2) is 8.23. The van der Waals surface area contributed by atoms with Crippen molar-refractivity contribution in [3.63, 3.8) is 0 Å². The van der Waals surface area contributed by atoms with Crippen molar-refractivity contribution in [3.8, 4) is 0 Å². The number of piperidine rings is 1. The number of rotatable bonds is 10. The van der Waals surface area contributed by atoms with Crippen LogP contribution in [-0.4, -0.2) is 39.4 Å². The second-order valence-electron chi connectivity index (χ2n) is 6.58. The van der Waals surface area contributed by atoms with Crippen LogP contribution in [0.1, 0.15) is 51.9 Å². The summed E-state index contributed by atoms with van der Waals surface area (Å²) in [5, 5.41) is 7.24. The van der Waals surface area contributed by atoms with Crippen molar-refractivity contribution in [3.05, 3.63) is 0 Å². The van der Waals surface area contributed by atoms with Gasteiger partial charge in [-0.1, -0.05) is 13.3 Å². The fraction of sp³-hybridized carbons (Fsp3) is 1.00. The van der Waals surface area contributed by atoms with Gasteiger partial charge in [0.2, 0.25) is 0 Å². The fourth-order valence-electron chi connectivity index (χ4n) is 3.20. The van der Waals surface area contributed by atoms with Crippen LogP contribution in [0, 0.1) is 11.3 Å². The van der Waals surface area contributed by atoms with Crippen molar-refractivity contribution in [1.82, 2.24) is 10.6 Å². The van der Waals surface area contributed by atoms with Gasteiger partial charge in [0.1, 0.15) is 0 Å². The zero-order valence-corrected chi connectivity index (χ0v) is 12.7. The highest BCUT2D eigenvalue weighted by atomic mass is 16.5. The first-order valence-electron chi connectivity index (χ1n) is 8.34. The summed E-state index contributed by atoms with van der Waals surface area (Å²) in [6.07, 6.45) is 9.32. The summed E-state index contributed by atoms with van der Waals surface area (Å²) in [5.41, 5.74) is 0.516. The van der Waals surface area contributed by atoms with E-state index in [1.807, 2.05) is 0 Å². The molecule has 1 aliphatic carbocycles. The van der Waals surface area contributed by atoms with Crippen molar-refractivity contribution in [2.75, 3.05) is 39.4 Å². The van der Waals surface area contributed by atoms with Crippen LogP contribution in [0.5, 0.6) is 0 Å². The lowest BCUT2D eigenvalue weighted by Gasteiger charge is -2.38. The molecular formula is C16H32N2O. The van der Waals surface area contributed by atoms with Gasteiger partial charge in [-0.2, -0.15) is 0 Å². The molecular weight excluding hydrogens is 236 g/mol. The Morgan fingerprint density at radius 2 is 2.26 bits per heavy atom. The Labute approximate surface area is 118 Å². The lowest BCUT2D eigenvalue weighted by molar-refractivity contribution is 0.120. The monoisotopic (exact) mass is 268 g/mol. The molecule has 2 rings (SSSR count). The van der Waals surface area contributed by atoms with Gasteiger partial charge in [-0.15, -0.1) is 0 Å². The van der Waals surface area contributed by atoms with Crippen LogP contribution in [0.3, 0.4) is 0 Å². The zero-order valence-electron chi connectivity index (χ0n) is 12.7. The molecule has 0 radical (unpaired) electrons. The fourth-order valence-corrected chi connectivity index (χ4v) is 3.20. The minimum absolute atomic E-state index is 0.516. The quantitative estimate of drug-likeness (QED) is 0.597. The van der Waals surface area contributed by atoms with Crippen molar-refractivity contribution in [2.24, 2.45) is 11.3 Å². The maximum Gasteiger partial charge on any atom is 0.0494 e. The van der Waals surface area contributed by atoms with Gasteiger partial charge in [0, 0.05) is 26.3 Å². The van der Waals surface area contributed by atoms with E-state index in [9.17, 15) is 0 Å². The third-order valence-corrected chi connectivity index (χ3v) is 4.53. The summed E-state index contributed by atoms with van der Waals surface area (Å²) in [5.74, 6) is 0.897. The van der Waals surface area contributed by atoms with Crippen molar-refractivity contribution < 1.29 is 4.74 Å². The third-order valence-electron chi connectivity index (χ3n) is 4.53. The van der Waals surface area contributed by atoms with Gasteiger partial charge >= 0.3 is 0 Å². The Kier molecular flexibility index (Phi) is 6.62. The van der Waals surface area contributed by atoms with Gasteiger partial charge in [0.25, 0.3) is 0 Å². The number of ether oxygens (including phenoxy) is 1. The van der Waals surface area contributed by atoms with Crippen molar-refractivity contribution >= 4 is 0 Å². The normalized spacial score (nSPS) is 27.6. The molecule has 1 unspecified atom stereocenters. The molecule has 0 bridgehead atoms. The van der Waals surface area contributed by atoms with E-state index < -0.39 is 0 Å². The standard InChI is InChI=1S/C16H32N2O/c1-2-7-16(8-3-9-17-13-16)14-18-10-4-11-19-12-15-5-6-15/h15,17-18H,2-14H2,1H3. The third kappa shape index (κ3) is 5.80. The average Bonchev–Trinajstić information content (AvgIpc) is 3.23. The summed E-state index contributed by atoms with van der Waals surface area (Å²) < 4.78 is 5.67. The Bertz CT molecular complexity index is 229. The molecule has 1 heterocycles. The van der Waals surface area contributed by atoms with Gasteiger partial charge in [-0.3, -0.25) is 0 Å². The molecule has 19 heavy (non-hydrogen) atoms. The molecule has 0 spiro atoms. The van der Waals surface area contributed by atoms with Gasteiger partial charge in [-0.05, 0) is 62.9 Å². The van der Waals surface area contributed by atoms with Crippen LogP contribution in [0.15, 0.2) is 0 Å². The molecule has 0 aromatic carbocycles.